The number of hydrogen-bond acceptors (Lipinski definition) is 5. The van der Waals surface area contributed by atoms with Crippen molar-refractivity contribution in [2.24, 2.45) is 5.92 Å². The van der Waals surface area contributed by atoms with Crippen LogP contribution in [0.2, 0.25) is 0 Å². The Hall–Kier alpha value is -1.99. The number of nitrogens with zero attached hydrogens (tertiary/aromatic N) is 1. The van der Waals surface area contributed by atoms with Crippen LogP contribution >= 0.6 is 12.4 Å². The van der Waals surface area contributed by atoms with Gasteiger partial charge in [-0.1, -0.05) is 0 Å². The number of nitrogens with one attached hydrogen (secondary N) is 2. The number of hydrogen-bond donors (Lipinski definition) is 2. The van der Waals surface area contributed by atoms with Crippen LogP contribution in [0.4, 0.5) is 5.69 Å². The number of ether oxygens (including phenoxy) is 2. The zero-order valence-corrected chi connectivity index (χ0v) is 16.6. The van der Waals surface area contributed by atoms with E-state index in [2.05, 4.69) is 10.6 Å². The summed E-state index contributed by atoms with van der Waals surface area (Å²) in [4.78, 5) is 26.3. The Bertz CT molecular complexity index is 631. The van der Waals surface area contributed by atoms with Crippen LogP contribution < -0.4 is 20.1 Å². The van der Waals surface area contributed by atoms with E-state index in [4.69, 9.17) is 9.47 Å². The monoisotopic (exact) mass is 385 g/mol. The summed E-state index contributed by atoms with van der Waals surface area (Å²) in [5, 5.41) is 6.15. The first-order valence-corrected chi connectivity index (χ1v) is 8.44. The van der Waals surface area contributed by atoms with E-state index in [1.54, 1.807) is 26.2 Å². The molecule has 1 heterocycles. The maximum atomic E-state index is 12.5. The van der Waals surface area contributed by atoms with Gasteiger partial charge in [0.2, 0.25) is 5.91 Å². The largest absolute Gasteiger partial charge is 0.493 e. The number of carbonyl (C=O) groups excluding carboxylic acids is 2. The van der Waals surface area contributed by atoms with Gasteiger partial charge in [-0.15, -0.1) is 12.4 Å². The van der Waals surface area contributed by atoms with E-state index in [1.165, 1.54) is 19.1 Å². The molecule has 2 rings (SSSR count). The Balaban J connectivity index is 0.00000338. The first-order chi connectivity index (χ1) is 12.0. The van der Waals surface area contributed by atoms with E-state index >= 15 is 0 Å². The van der Waals surface area contributed by atoms with Crippen LogP contribution in [0.5, 0.6) is 11.5 Å². The molecule has 1 aliphatic heterocycles. The van der Waals surface area contributed by atoms with Crippen LogP contribution in [-0.2, 0) is 4.79 Å². The molecule has 2 N–H and O–H groups in total. The number of rotatable bonds is 7. The molecule has 0 spiro atoms. The third kappa shape index (κ3) is 5.51. The molecule has 1 atom stereocenters. The Morgan fingerprint density at radius 1 is 1.23 bits per heavy atom. The molecular formula is C18H28ClN3O4. The van der Waals surface area contributed by atoms with E-state index in [9.17, 15) is 9.59 Å². The third-order valence-corrected chi connectivity index (χ3v) is 4.38. The third-order valence-electron chi connectivity index (χ3n) is 4.38. The first kappa shape index (κ1) is 22.1. The number of benzene rings is 1. The molecule has 146 valence electrons. The van der Waals surface area contributed by atoms with Gasteiger partial charge in [-0.2, -0.15) is 0 Å². The number of anilines is 1. The Morgan fingerprint density at radius 3 is 2.42 bits per heavy atom. The van der Waals surface area contributed by atoms with Crippen LogP contribution in [-0.4, -0.2) is 58.1 Å². The smallest absolute Gasteiger partial charge is 0.255 e. The lowest BCUT2D eigenvalue weighted by molar-refractivity contribution is -0.116. The molecule has 1 aromatic rings. The van der Waals surface area contributed by atoms with Gasteiger partial charge >= 0.3 is 0 Å². The second kappa shape index (κ2) is 10.2. The van der Waals surface area contributed by atoms with Gasteiger partial charge in [0, 0.05) is 26.6 Å². The minimum atomic E-state index is -0.212. The molecular weight excluding hydrogens is 358 g/mol. The van der Waals surface area contributed by atoms with E-state index in [0.29, 0.717) is 35.1 Å². The number of amides is 2. The van der Waals surface area contributed by atoms with Crippen molar-refractivity contribution in [3.05, 3.63) is 17.7 Å². The van der Waals surface area contributed by atoms with Gasteiger partial charge in [-0.25, -0.2) is 0 Å². The van der Waals surface area contributed by atoms with E-state index in [0.717, 1.165) is 25.9 Å². The lowest BCUT2D eigenvalue weighted by atomic mass is 10.0. The summed E-state index contributed by atoms with van der Waals surface area (Å²) in [6, 6.07) is 3.22. The van der Waals surface area contributed by atoms with Crippen LogP contribution in [0.15, 0.2) is 12.1 Å². The van der Waals surface area contributed by atoms with Crippen molar-refractivity contribution in [2.45, 2.75) is 19.3 Å². The highest BCUT2D eigenvalue weighted by Crippen LogP contribution is 2.34. The van der Waals surface area contributed by atoms with Crippen LogP contribution in [0.25, 0.3) is 0 Å². The normalized spacial score (nSPS) is 15.8. The highest BCUT2D eigenvalue weighted by molar-refractivity contribution is 6.04. The number of methoxy groups -OCH3 is 2. The van der Waals surface area contributed by atoms with Crippen molar-refractivity contribution in [1.82, 2.24) is 10.2 Å². The maximum Gasteiger partial charge on any atom is 0.255 e. The summed E-state index contributed by atoms with van der Waals surface area (Å²) >= 11 is 0. The molecule has 0 radical (unpaired) electrons. The van der Waals surface area contributed by atoms with Gasteiger partial charge in [-0.05, 0) is 37.9 Å². The van der Waals surface area contributed by atoms with E-state index in [1.807, 2.05) is 0 Å². The average molecular weight is 386 g/mol. The molecule has 8 heteroatoms. The minimum Gasteiger partial charge on any atom is -0.493 e. The molecule has 7 nitrogen and oxygen atoms in total. The molecule has 1 fully saturated rings. The van der Waals surface area contributed by atoms with E-state index < -0.39 is 0 Å². The molecule has 1 unspecified atom stereocenters. The second-order valence-corrected chi connectivity index (χ2v) is 6.40. The highest BCUT2D eigenvalue weighted by Gasteiger charge is 2.21. The van der Waals surface area contributed by atoms with Crippen LogP contribution in [0.1, 0.15) is 29.6 Å². The fourth-order valence-electron chi connectivity index (χ4n) is 2.91. The van der Waals surface area contributed by atoms with Crippen LogP contribution in [0, 0.1) is 5.92 Å². The Morgan fingerprint density at radius 2 is 1.88 bits per heavy atom. The summed E-state index contributed by atoms with van der Waals surface area (Å²) in [6.45, 7) is 1.98. The molecule has 0 aliphatic carbocycles. The zero-order valence-electron chi connectivity index (χ0n) is 15.8. The summed E-state index contributed by atoms with van der Waals surface area (Å²) < 4.78 is 10.6. The molecule has 0 saturated carbocycles. The van der Waals surface area contributed by atoms with Crippen molar-refractivity contribution in [2.75, 3.05) is 46.7 Å². The minimum absolute atomic E-state index is 0. The molecule has 0 bridgehead atoms. The second-order valence-electron chi connectivity index (χ2n) is 6.40. The predicted octanol–water partition coefficient (Wildman–Crippen LogP) is 2.16. The summed E-state index contributed by atoms with van der Waals surface area (Å²) in [6.07, 6.45) is 2.37. The average Bonchev–Trinajstić information content (AvgIpc) is 3.12. The van der Waals surface area contributed by atoms with Crippen molar-refractivity contribution in [3.8, 4) is 11.5 Å². The fourth-order valence-corrected chi connectivity index (χ4v) is 2.91. The molecule has 1 aromatic carbocycles. The zero-order chi connectivity index (χ0) is 18.4. The Kier molecular flexibility index (Phi) is 8.68. The molecule has 2 amide bonds. The van der Waals surface area contributed by atoms with Gasteiger partial charge in [0.05, 0.1) is 25.5 Å². The number of carbonyl (C=O) groups is 2. The van der Waals surface area contributed by atoms with Gasteiger partial charge in [0.25, 0.3) is 5.91 Å². The standard InChI is InChI=1S/C18H27N3O4.ClH/c1-21(2)18(23)13-9-15(24-3)16(25-4)10-14(13)20-17(22)6-5-12-7-8-19-11-12;/h9-10,12,19H,5-8,11H2,1-4H3,(H,20,22);1H. The fraction of sp³-hybridized carbons (Fsp3) is 0.556. The first-order valence-electron chi connectivity index (χ1n) is 8.44. The van der Waals surface area contributed by atoms with Gasteiger partial charge in [0.15, 0.2) is 11.5 Å². The summed E-state index contributed by atoms with van der Waals surface area (Å²) in [5.74, 6) is 1.14. The van der Waals surface area contributed by atoms with Gasteiger partial charge in [0.1, 0.15) is 0 Å². The van der Waals surface area contributed by atoms with Gasteiger partial charge < -0.3 is 25.0 Å². The number of halogens is 1. The molecule has 26 heavy (non-hydrogen) atoms. The molecule has 0 aromatic heterocycles. The molecule has 1 aliphatic rings. The quantitative estimate of drug-likeness (QED) is 0.751. The van der Waals surface area contributed by atoms with Gasteiger partial charge in [-0.3, -0.25) is 9.59 Å². The lowest BCUT2D eigenvalue weighted by Gasteiger charge is -2.18. The maximum absolute atomic E-state index is 12.5. The predicted molar refractivity (Wildman–Crippen MR) is 104 cm³/mol. The van der Waals surface area contributed by atoms with Crippen molar-refractivity contribution in [1.29, 1.82) is 0 Å². The summed E-state index contributed by atoms with van der Waals surface area (Å²) in [7, 11) is 6.36. The SMILES string of the molecule is COc1cc(NC(=O)CCC2CCNC2)c(C(=O)N(C)C)cc1OC.Cl. The van der Waals surface area contributed by atoms with E-state index in [-0.39, 0.29) is 24.2 Å². The molecule has 1 saturated heterocycles. The Labute approximate surface area is 160 Å². The van der Waals surface area contributed by atoms with Crippen molar-refractivity contribution in [3.63, 3.8) is 0 Å². The van der Waals surface area contributed by atoms with Crippen molar-refractivity contribution >= 4 is 29.9 Å². The van der Waals surface area contributed by atoms with Crippen molar-refractivity contribution < 1.29 is 19.1 Å². The summed E-state index contributed by atoms with van der Waals surface area (Å²) in [5.41, 5.74) is 0.810. The topological polar surface area (TPSA) is 79.9 Å². The lowest BCUT2D eigenvalue weighted by Crippen LogP contribution is -2.24. The highest BCUT2D eigenvalue weighted by atomic mass is 35.5. The van der Waals surface area contributed by atoms with Crippen LogP contribution in [0.3, 0.4) is 0 Å².